The van der Waals surface area contributed by atoms with Crippen LogP contribution in [0.1, 0.15) is 23.6 Å². The number of likely N-dealkylation sites (tertiary alicyclic amines) is 1. The highest BCUT2D eigenvalue weighted by molar-refractivity contribution is 5.90. The highest BCUT2D eigenvalue weighted by atomic mass is 16.5. The van der Waals surface area contributed by atoms with E-state index in [1.807, 2.05) is 31.2 Å². The van der Waals surface area contributed by atoms with E-state index in [-0.39, 0.29) is 30.2 Å². The van der Waals surface area contributed by atoms with Crippen LogP contribution in [0.4, 0.5) is 0 Å². The maximum Gasteiger partial charge on any atom is 0.228 e. The zero-order valence-corrected chi connectivity index (χ0v) is 15.5. The van der Waals surface area contributed by atoms with Crippen molar-refractivity contribution < 1.29 is 19.1 Å². The van der Waals surface area contributed by atoms with Crippen molar-refractivity contribution in [1.29, 1.82) is 0 Å². The Morgan fingerprint density at radius 2 is 1.92 bits per heavy atom. The number of methoxy groups -OCH3 is 2. The molecule has 6 nitrogen and oxygen atoms in total. The number of carbonyl (C=O) groups is 2. The fraction of sp³-hybridized carbons (Fsp3) is 0.579. The molecule has 6 heteroatoms. The van der Waals surface area contributed by atoms with Crippen molar-refractivity contribution in [1.82, 2.24) is 9.80 Å². The Bertz CT molecular complexity index is 605. The van der Waals surface area contributed by atoms with E-state index < -0.39 is 0 Å². The van der Waals surface area contributed by atoms with Gasteiger partial charge in [0.25, 0.3) is 0 Å². The number of rotatable bonds is 8. The maximum atomic E-state index is 13.0. The molecule has 0 bridgehead atoms. The predicted molar refractivity (Wildman–Crippen MR) is 95.1 cm³/mol. The second-order valence-electron chi connectivity index (χ2n) is 6.44. The van der Waals surface area contributed by atoms with Gasteiger partial charge in [0, 0.05) is 40.8 Å². The van der Waals surface area contributed by atoms with Gasteiger partial charge in [-0.15, -0.1) is 0 Å². The third-order valence-electron chi connectivity index (χ3n) is 4.80. The lowest BCUT2D eigenvalue weighted by molar-refractivity contribution is -0.135. The Morgan fingerprint density at radius 3 is 2.56 bits per heavy atom. The number of amides is 2. The zero-order valence-electron chi connectivity index (χ0n) is 15.5. The summed E-state index contributed by atoms with van der Waals surface area (Å²) in [6, 6.07) is 7.70. The molecule has 1 aliphatic heterocycles. The first-order valence-electron chi connectivity index (χ1n) is 8.59. The van der Waals surface area contributed by atoms with Crippen molar-refractivity contribution in [3.05, 3.63) is 35.4 Å². The van der Waals surface area contributed by atoms with Gasteiger partial charge in [-0.3, -0.25) is 9.59 Å². The molecular weight excluding hydrogens is 320 g/mol. The largest absolute Gasteiger partial charge is 0.383 e. The van der Waals surface area contributed by atoms with Crippen LogP contribution in [0.25, 0.3) is 0 Å². The van der Waals surface area contributed by atoms with Gasteiger partial charge in [-0.1, -0.05) is 24.3 Å². The number of likely N-dealkylation sites (N-methyl/N-ethyl adjacent to an activating group) is 1. The Kier molecular flexibility index (Phi) is 6.96. The van der Waals surface area contributed by atoms with E-state index in [1.165, 1.54) is 0 Å². The van der Waals surface area contributed by atoms with Crippen LogP contribution in [0.5, 0.6) is 0 Å². The van der Waals surface area contributed by atoms with Crippen LogP contribution in [-0.4, -0.2) is 69.2 Å². The molecule has 25 heavy (non-hydrogen) atoms. The smallest absolute Gasteiger partial charge is 0.228 e. The van der Waals surface area contributed by atoms with Crippen molar-refractivity contribution in [2.75, 3.05) is 47.6 Å². The van der Waals surface area contributed by atoms with Crippen LogP contribution >= 0.6 is 0 Å². The molecule has 2 amide bonds. The van der Waals surface area contributed by atoms with Crippen molar-refractivity contribution in [2.45, 2.75) is 19.4 Å². The third-order valence-corrected chi connectivity index (χ3v) is 4.80. The normalized spacial score (nSPS) is 20.2. The van der Waals surface area contributed by atoms with E-state index in [1.54, 1.807) is 31.1 Å². The molecule has 2 rings (SSSR count). The summed E-state index contributed by atoms with van der Waals surface area (Å²) in [5.74, 6) is -0.394. The molecular formula is C19H28N2O4. The van der Waals surface area contributed by atoms with Gasteiger partial charge in [0.1, 0.15) is 0 Å². The molecule has 2 atom stereocenters. The van der Waals surface area contributed by atoms with Gasteiger partial charge < -0.3 is 19.3 Å². The fourth-order valence-corrected chi connectivity index (χ4v) is 3.39. The molecule has 138 valence electrons. The third kappa shape index (κ3) is 4.38. The molecule has 0 N–H and O–H groups in total. The van der Waals surface area contributed by atoms with Crippen molar-refractivity contribution in [3.63, 3.8) is 0 Å². The second kappa shape index (κ2) is 8.97. The summed E-state index contributed by atoms with van der Waals surface area (Å²) >= 11 is 0. The number of aryl methyl sites for hydroxylation is 1. The van der Waals surface area contributed by atoms with E-state index in [0.29, 0.717) is 26.3 Å². The monoisotopic (exact) mass is 348 g/mol. The summed E-state index contributed by atoms with van der Waals surface area (Å²) in [6.07, 6.45) is 0.235. The molecule has 1 fully saturated rings. The SMILES string of the molecule is COCCN(C)C(=O)[C@@H]1CC(=O)N(CCOC)[C@H]1c1ccccc1C. The summed E-state index contributed by atoms with van der Waals surface area (Å²) in [7, 11) is 4.99. The number of nitrogens with zero attached hydrogens (tertiary/aromatic N) is 2. The number of hydrogen-bond acceptors (Lipinski definition) is 4. The first-order valence-corrected chi connectivity index (χ1v) is 8.59. The molecule has 1 aromatic carbocycles. The number of hydrogen-bond donors (Lipinski definition) is 0. The fourth-order valence-electron chi connectivity index (χ4n) is 3.39. The molecule has 0 aromatic heterocycles. The quantitative estimate of drug-likeness (QED) is 0.717. The second-order valence-corrected chi connectivity index (χ2v) is 6.44. The average molecular weight is 348 g/mol. The zero-order chi connectivity index (χ0) is 18.4. The first-order chi connectivity index (χ1) is 12.0. The van der Waals surface area contributed by atoms with Gasteiger partial charge in [-0.05, 0) is 18.1 Å². The van der Waals surface area contributed by atoms with Gasteiger partial charge in [-0.2, -0.15) is 0 Å². The van der Waals surface area contributed by atoms with Crippen molar-refractivity contribution in [2.24, 2.45) is 5.92 Å². The molecule has 0 spiro atoms. The van der Waals surface area contributed by atoms with E-state index >= 15 is 0 Å². The Hall–Kier alpha value is -1.92. The molecule has 1 saturated heterocycles. The molecule has 1 heterocycles. The van der Waals surface area contributed by atoms with Crippen LogP contribution < -0.4 is 0 Å². The molecule has 0 unspecified atom stereocenters. The predicted octanol–water partition coefficient (Wildman–Crippen LogP) is 1.64. The summed E-state index contributed by atoms with van der Waals surface area (Å²) in [5, 5.41) is 0. The van der Waals surface area contributed by atoms with Gasteiger partial charge in [0.15, 0.2) is 0 Å². The lowest BCUT2D eigenvalue weighted by Crippen LogP contribution is -2.39. The van der Waals surface area contributed by atoms with Gasteiger partial charge in [0.05, 0.1) is 25.2 Å². The van der Waals surface area contributed by atoms with E-state index in [0.717, 1.165) is 11.1 Å². The lowest BCUT2D eigenvalue weighted by atomic mass is 9.90. The van der Waals surface area contributed by atoms with Crippen LogP contribution in [0.2, 0.25) is 0 Å². The van der Waals surface area contributed by atoms with Crippen molar-refractivity contribution in [3.8, 4) is 0 Å². The topological polar surface area (TPSA) is 59.1 Å². The number of ether oxygens (including phenoxy) is 2. The summed E-state index contributed by atoms with van der Waals surface area (Å²) < 4.78 is 10.2. The van der Waals surface area contributed by atoms with Crippen LogP contribution in [0.15, 0.2) is 24.3 Å². The van der Waals surface area contributed by atoms with E-state index in [9.17, 15) is 9.59 Å². The van der Waals surface area contributed by atoms with Crippen LogP contribution in [0.3, 0.4) is 0 Å². The minimum atomic E-state index is -0.382. The van der Waals surface area contributed by atoms with Crippen molar-refractivity contribution >= 4 is 11.8 Å². The Morgan fingerprint density at radius 1 is 1.24 bits per heavy atom. The standard InChI is InChI=1S/C19H28N2O4/c1-14-7-5-6-8-15(14)18-16(19(23)20(2)9-11-24-3)13-17(22)21(18)10-12-25-4/h5-8,16,18H,9-13H2,1-4H3/t16-,18+/m1/s1. The minimum absolute atomic E-state index is 0.00351. The van der Waals surface area contributed by atoms with Gasteiger partial charge in [-0.25, -0.2) is 0 Å². The molecule has 0 aliphatic carbocycles. The number of benzene rings is 1. The molecule has 1 aliphatic rings. The van der Waals surface area contributed by atoms with E-state index in [4.69, 9.17) is 9.47 Å². The summed E-state index contributed by atoms with van der Waals surface area (Å²) in [6.45, 7) is 3.95. The number of carbonyl (C=O) groups excluding carboxylic acids is 2. The minimum Gasteiger partial charge on any atom is -0.383 e. The van der Waals surface area contributed by atoms with Crippen LogP contribution in [0, 0.1) is 12.8 Å². The first kappa shape index (κ1) is 19.4. The summed E-state index contributed by atoms with van der Waals surface area (Å²) in [4.78, 5) is 29.0. The Labute approximate surface area is 149 Å². The highest BCUT2D eigenvalue weighted by Crippen LogP contribution is 2.40. The van der Waals surface area contributed by atoms with Gasteiger partial charge >= 0.3 is 0 Å². The maximum absolute atomic E-state index is 13.0. The molecule has 0 saturated carbocycles. The van der Waals surface area contributed by atoms with E-state index in [2.05, 4.69) is 0 Å². The van der Waals surface area contributed by atoms with Gasteiger partial charge in [0.2, 0.25) is 11.8 Å². The highest BCUT2D eigenvalue weighted by Gasteiger charge is 2.45. The summed E-state index contributed by atoms with van der Waals surface area (Å²) in [5.41, 5.74) is 2.12. The average Bonchev–Trinajstić information content (AvgIpc) is 2.93. The lowest BCUT2D eigenvalue weighted by Gasteiger charge is -2.31. The Balaban J connectivity index is 2.32. The van der Waals surface area contributed by atoms with Crippen LogP contribution in [-0.2, 0) is 19.1 Å². The molecule has 1 aromatic rings. The molecule has 0 radical (unpaired) electrons.